The predicted octanol–water partition coefficient (Wildman–Crippen LogP) is 3.49. The van der Waals surface area contributed by atoms with E-state index in [4.69, 9.17) is 0 Å². The van der Waals surface area contributed by atoms with E-state index in [2.05, 4.69) is 0 Å². The van der Waals surface area contributed by atoms with Crippen LogP contribution in [0.5, 0.6) is 0 Å². The van der Waals surface area contributed by atoms with Crippen LogP contribution in [0.3, 0.4) is 0 Å². The molecule has 100 valence electrons. The van der Waals surface area contributed by atoms with Gasteiger partial charge in [-0.3, -0.25) is 9.59 Å². The molecule has 1 saturated carbocycles. The van der Waals surface area contributed by atoms with Gasteiger partial charge in [0.2, 0.25) is 0 Å². The molecule has 0 N–H and O–H groups in total. The number of hydrogen-bond donors (Lipinski definition) is 0. The molecule has 3 rings (SSSR count). The van der Waals surface area contributed by atoms with E-state index in [0.29, 0.717) is 5.56 Å². The van der Waals surface area contributed by atoms with Crippen LogP contribution in [0.2, 0.25) is 0 Å². The zero-order valence-corrected chi connectivity index (χ0v) is 11.3. The number of carbonyl (C=O) groups is 2. The summed E-state index contributed by atoms with van der Waals surface area (Å²) in [4.78, 5) is 24.3. The lowest BCUT2D eigenvalue weighted by atomic mass is 10.0. The summed E-state index contributed by atoms with van der Waals surface area (Å²) in [7, 11) is 0. The first-order valence-electron chi connectivity index (χ1n) is 6.85. The molecule has 2 aromatic rings. The van der Waals surface area contributed by atoms with Gasteiger partial charge in [0.15, 0.2) is 5.78 Å². The van der Waals surface area contributed by atoms with Gasteiger partial charge in [0.25, 0.3) is 0 Å². The molecule has 3 atom stereocenters. The van der Waals surface area contributed by atoms with E-state index in [0.717, 1.165) is 5.56 Å². The first kappa shape index (κ1) is 12.8. The summed E-state index contributed by atoms with van der Waals surface area (Å²) in [6.07, 6.45) is 0. The number of benzene rings is 2. The number of carbonyl (C=O) groups excluding carboxylic acids is 2. The number of ketones is 2. The monoisotopic (exact) mass is 264 g/mol. The van der Waals surface area contributed by atoms with E-state index in [9.17, 15) is 9.59 Å². The lowest BCUT2D eigenvalue weighted by Gasteiger charge is -2.00. The van der Waals surface area contributed by atoms with E-state index >= 15 is 0 Å². The standard InChI is InChI=1S/C18H16O2/c1-12(19)15-16(13-8-4-2-5-9-13)17(15)18(20)14-10-6-3-7-11-14/h2-11,15-17H,1H3. The van der Waals surface area contributed by atoms with Crippen LogP contribution in [0.15, 0.2) is 60.7 Å². The Morgan fingerprint density at radius 1 is 0.800 bits per heavy atom. The fourth-order valence-electron chi connectivity index (χ4n) is 3.03. The normalized spacial score (nSPS) is 24.1. The number of hydrogen-bond acceptors (Lipinski definition) is 2. The molecule has 0 spiro atoms. The van der Waals surface area contributed by atoms with Gasteiger partial charge >= 0.3 is 0 Å². The van der Waals surface area contributed by atoms with Crippen molar-refractivity contribution in [2.24, 2.45) is 11.8 Å². The Bertz CT molecular complexity index is 631. The van der Waals surface area contributed by atoms with Gasteiger partial charge in [-0.1, -0.05) is 60.7 Å². The molecule has 2 nitrogen and oxygen atoms in total. The number of Topliss-reactive ketones (excluding diaryl/α,β-unsaturated/α-hetero) is 2. The summed E-state index contributed by atoms with van der Waals surface area (Å²) in [5.41, 5.74) is 1.78. The zero-order valence-electron chi connectivity index (χ0n) is 11.3. The molecule has 0 aliphatic heterocycles. The maximum atomic E-state index is 12.6. The third kappa shape index (κ3) is 2.18. The molecule has 2 heteroatoms. The molecule has 1 aliphatic rings. The van der Waals surface area contributed by atoms with Crippen molar-refractivity contribution in [2.75, 3.05) is 0 Å². The maximum Gasteiger partial charge on any atom is 0.167 e. The summed E-state index contributed by atoms with van der Waals surface area (Å²) in [6, 6.07) is 19.1. The molecule has 3 unspecified atom stereocenters. The smallest absolute Gasteiger partial charge is 0.167 e. The van der Waals surface area contributed by atoms with Crippen molar-refractivity contribution in [3.05, 3.63) is 71.8 Å². The molecule has 2 aromatic carbocycles. The molecule has 0 aromatic heterocycles. The minimum atomic E-state index is -0.197. The molecule has 0 heterocycles. The largest absolute Gasteiger partial charge is 0.300 e. The van der Waals surface area contributed by atoms with E-state index in [1.807, 2.05) is 60.7 Å². The maximum absolute atomic E-state index is 12.6. The fourth-order valence-corrected chi connectivity index (χ4v) is 3.03. The molecule has 20 heavy (non-hydrogen) atoms. The molecule has 1 aliphatic carbocycles. The number of rotatable bonds is 4. The second-order valence-corrected chi connectivity index (χ2v) is 5.33. The van der Waals surface area contributed by atoms with Crippen molar-refractivity contribution in [2.45, 2.75) is 12.8 Å². The van der Waals surface area contributed by atoms with Crippen molar-refractivity contribution in [3.8, 4) is 0 Å². The van der Waals surface area contributed by atoms with Crippen LogP contribution in [0.1, 0.15) is 28.8 Å². The van der Waals surface area contributed by atoms with Crippen molar-refractivity contribution in [1.29, 1.82) is 0 Å². The predicted molar refractivity (Wildman–Crippen MR) is 77.6 cm³/mol. The molecule has 1 fully saturated rings. The highest BCUT2D eigenvalue weighted by molar-refractivity contribution is 6.05. The van der Waals surface area contributed by atoms with Crippen LogP contribution in [-0.2, 0) is 4.79 Å². The Labute approximate surface area is 118 Å². The van der Waals surface area contributed by atoms with Crippen LogP contribution in [0.4, 0.5) is 0 Å². The van der Waals surface area contributed by atoms with Crippen LogP contribution in [0.25, 0.3) is 0 Å². The lowest BCUT2D eigenvalue weighted by Crippen LogP contribution is -2.06. The third-order valence-corrected chi connectivity index (χ3v) is 4.03. The molecule has 0 amide bonds. The highest BCUT2D eigenvalue weighted by atomic mass is 16.1. The molecular formula is C18H16O2. The molecule has 0 radical (unpaired) electrons. The first-order chi connectivity index (χ1) is 9.70. The van der Waals surface area contributed by atoms with E-state index < -0.39 is 0 Å². The van der Waals surface area contributed by atoms with Gasteiger partial charge in [-0.05, 0) is 12.5 Å². The lowest BCUT2D eigenvalue weighted by molar-refractivity contribution is -0.118. The van der Waals surface area contributed by atoms with Crippen molar-refractivity contribution >= 4 is 11.6 Å². The molecule has 0 bridgehead atoms. The van der Waals surface area contributed by atoms with Crippen LogP contribution in [0, 0.1) is 11.8 Å². The van der Waals surface area contributed by atoms with Crippen molar-refractivity contribution < 1.29 is 9.59 Å². The first-order valence-corrected chi connectivity index (χ1v) is 6.85. The SMILES string of the molecule is CC(=O)C1C(C(=O)c2ccccc2)C1c1ccccc1. The molecule has 0 saturated heterocycles. The van der Waals surface area contributed by atoms with Crippen LogP contribution < -0.4 is 0 Å². The molecular weight excluding hydrogens is 248 g/mol. The zero-order chi connectivity index (χ0) is 14.1. The Morgan fingerprint density at radius 3 is 1.90 bits per heavy atom. The Hall–Kier alpha value is -2.22. The summed E-state index contributed by atoms with van der Waals surface area (Å²) in [5.74, 6) is -0.128. The van der Waals surface area contributed by atoms with Crippen molar-refractivity contribution in [1.82, 2.24) is 0 Å². The Kier molecular flexibility index (Phi) is 3.23. The summed E-state index contributed by atoms with van der Waals surface area (Å²) in [6.45, 7) is 1.58. The highest BCUT2D eigenvalue weighted by Crippen LogP contribution is 2.55. The summed E-state index contributed by atoms with van der Waals surface area (Å²) >= 11 is 0. The van der Waals surface area contributed by atoms with Gasteiger partial charge in [0.05, 0.1) is 0 Å². The van der Waals surface area contributed by atoms with Gasteiger partial charge < -0.3 is 0 Å². The fraction of sp³-hybridized carbons (Fsp3) is 0.222. The van der Waals surface area contributed by atoms with Crippen molar-refractivity contribution in [3.63, 3.8) is 0 Å². The van der Waals surface area contributed by atoms with Gasteiger partial charge in [-0.25, -0.2) is 0 Å². The van der Waals surface area contributed by atoms with Crippen LogP contribution >= 0.6 is 0 Å². The Balaban J connectivity index is 1.90. The highest BCUT2D eigenvalue weighted by Gasteiger charge is 2.57. The van der Waals surface area contributed by atoms with Crippen LogP contribution in [-0.4, -0.2) is 11.6 Å². The van der Waals surface area contributed by atoms with Gasteiger partial charge in [-0.15, -0.1) is 0 Å². The van der Waals surface area contributed by atoms with Gasteiger partial charge in [0.1, 0.15) is 5.78 Å². The van der Waals surface area contributed by atoms with E-state index in [1.54, 1.807) is 6.92 Å². The Morgan fingerprint density at radius 2 is 1.35 bits per heavy atom. The quantitative estimate of drug-likeness (QED) is 0.792. The third-order valence-electron chi connectivity index (χ3n) is 4.03. The van der Waals surface area contributed by atoms with E-state index in [1.165, 1.54) is 0 Å². The average Bonchev–Trinajstić information content (AvgIpc) is 3.24. The van der Waals surface area contributed by atoms with Gasteiger partial charge in [-0.2, -0.15) is 0 Å². The van der Waals surface area contributed by atoms with E-state index in [-0.39, 0.29) is 29.3 Å². The topological polar surface area (TPSA) is 34.1 Å². The average molecular weight is 264 g/mol. The minimum absolute atomic E-state index is 0.0430. The summed E-state index contributed by atoms with van der Waals surface area (Å²) < 4.78 is 0. The minimum Gasteiger partial charge on any atom is -0.300 e. The summed E-state index contributed by atoms with van der Waals surface area (Å²) in [5, 5.41) is 0. The second kappa shape index (κ2) is 5.04. The second-order valence-electron chi connectivity index (χ2n) is 5.33. The van der Waals surface area contributed by atoms with Gasteiger partial charge in [0, 0.05) is 23.3 Å².